The number of benzene rings is 2. The van der Waals surface area contributed by atoms with Crippen LogP contribution in [0, 0.1) is 0 Å². The minimum Gasteiger partial charge on any atom is -0.366 e. The van der Waals surface area contributed by atoms with Gasteiger partial charge in [0, 0.05) is 0 Å². The number of carbonyl (C=O) groups is 1. The summed E-state index contributed by atoms with van der Waals surface area (Å²) in [6, 6.07) is 13.9. The van der Waals surface area contributed by atoms with Gasteiger partial charge in [0.25, 0.3) is 11.5 Å². The number of anilines is 2. The topological polar surface area (TPSA) is 101 Å². The SMILES string of the molecule is NC(=O)c1ccccc1Nc1nc2ccccc2[nH]c1=O. The Morgan fingerprint density at radius 3 is 2.62 bits per heavy atom. The summed E-state index contributed by atoms with van der Waals surface area (Å²) < 4.78 is 0. The van der Waals surface area contributed by atoms with E-state index in [1.807, 2.05) is 12.1 Å². The molecule has 3 rings (SSSR count). The van der Waals surface area contributed by atoms with Gasteiger partial charge in [0.2, 0.25) is 0 Å². The van der Waals surface area contributed by atoms with Crippen LogP contribution in [0.15, 0.2) is 53.3 Å². The van der Waals surface area contributed by atoms with Gasteiger partial charge in [0.15, 0.2) is 5.82 Å². The summed E-state index contributed by atoms with van der Waals surface area (Å²) in [5, 5.41) is 2.86. The molecule has 0 aliphatic heterocycles. The van der Waals surface area contributed by atoms with Crippen molar-refractivity contribution >= 4 is 28.4 Å². The molecule has 2 aromatic carbocycles. The second kappa shape index (κ2) is 5.09. The van der Waals surface area contributed by atoms with Crippen molar-refractivity contribution in [3.05, 3.63) is 64.4 Å². The van der Waals surface area contributed by atoms with Crippen LogP contribution in [0.5, 0.6) is 0 Å². The van der Waals surface area contributed by atoms with Gasteiger partial charge >= 0.3 is 0 Å². The van der Waals surface area contributed by atoms with E-state index in [4.69, 9.17) is 5.73 Å². The van der Waals surface area contributed by atoms with Gasteiger partial charge in [-0.25, -0.2) is 4.98 Å². The molecule has 1 heterocycles. The number of para-hydroxylation sites is 3. The molecule has 1 amide bonds. The number of fused-ring (bicyclic) bond motifs is 1. The van der Waals surface area contributed by atoms with Crippen LogP contribution in [-0.4, -0.2) is 15.9 Å². The van der Waals surface area contributed by atoms with E-state index < -0.39 is 5.91 Å². The number of carbonyl (C=O) groups excluding carboxylic acids is 1. The Morgan fingerprint density at radius 2 is 1.81 bits per heavy atom. The van der Waals surface area contributed by atoms with Crippen LogP contribution < -0.4 is 16.6 Å². The van der Waals surface area contributed by atoms with Crippen molar-refractivity contribution in [2.75, 3.05) is 5.32 Å². The van der Waals surface area contributed by atoms with Crippen molar-refractivity contribution in [2.24, 2.45) is 5.73 Å². The lowest BCUT2D eigenvalue weighted by molar-refractivity contribution is 0.100. The number of primary amides is 1. The molecule has 0 spiro atoms. The van der Waals surface area contributed by atoms with Crippen LogP contribution in [0.4, 0.5) is 11.5 Å². The molecule has 21 heavy (non-hydrogen) atoms. The molecular formula is C15H12N4O2. The summed E-state index contributed by atoms with van der Waals surface area (Å²) >= 11 is 0. The number of nitrogens with zero attached hydrogens (tertiary/aromatic N) is 1. The first-order valence-electron chi connectivity index (χ1n) is 6.30. The third kappa shape index (κ3) is 2.46. The van der Waals surface area contributed by atoms with E-state index in [1.54, 1.807) is 36.4 Å². The second-order valence-corrected chi connectivity index (χ2v) is 4.47. The molecule has 0 fully saturated rings. The molecule has 0 atom stereocenters. The summed E-state index contributed by atoms with van der Waals surface area (Å²) in [5.74, 6) is -0.460. The Balaban J connectivity index is 2.08. The molecule has 0 saturated carbocycles. The zero-order valence-corrected chi connectivity index (χ0v) is 11.0. The molecule has 1 aromatic heterocycles. The zero-order chi connectivity index (χ0) is 14.8. The molecule has 4 N–H and O–H groups in total. The molecule has 0 aliphatic rings. The molecular weight excluding hydrogens is 268 g/mol. The number of aromatic amines is 1. The van der Waals surface area contributed by atoms with Gasteiger partial charge in [0.1, 0.15) is 0 Å². The van der Waals surface area contributed by atoms with Crippen LogP contribution in [0.3, 0.4) is 0 Å². The van der Waals surface area contributed by atoms with Gasteiger partial charge in [0.05, 0.1) is 22.3 Å². The van der Waals surface area contributed by atoms with Crippen LogP contribution in [0.25, 0.3) is 11.0 Å². The Hall–Kier alpha value is -3.15. The second-order valence-electron chi connectivity index (χ2n) is 4.47. The molecule has 0 radical (unpaired) electrons. The molecule has 0 unspecified atom stereocenters. The lowest BCUT2D eigenvalue weighted by atomic mass is 10.1. The fourth-order valence-corrected chi connectivity index (χ4v) is 2.05. The first kappa shape index (κ1) is 12.9. The van der Waals surface area contributed by atoms with Crippen molar-refractivity contribution in [3.8, 4) is 0 Å². The summed E-state index contributed by atoms with van der Waals surface area (Å²) in [5.41, 5.74) is 6.98. The van der Waals surface area contributed by atoms with E-state index >= 15 is 0 Å². The maximum atomic E-state index is 12.0. The van der Waals surface area contributed by atoms with Crippen molar-refractivity contribution < 1.29 is 4.79 Å². The molecule has 104 valence electrons. The Kier molecular flexibility index (Phi) is 3.12. The number of nitrogens with one attached hydrogen (secondary N) is 2. The van der Waals surface area contributed by atoms with E-state index in [1.165, 1.54) is 0 Å². The predicted molar refractivity (Wildman–Crippen MR) is 80.6 cm³/mol. The van der Waals surface area contributed by atoms with Crippen molar-refractivity contribution in [1.29, 1.82) is 0 Å². The first-order valence-corrected chi connectivity index (χ1v) is 6.30. The van der Waals surface area contributed by atoms with E-state index in [0.717, 1.165) is 0 Å². The maximum Gasteiger partial charge on any atom is 0.291 e. The van der Waals surface area contributed by atoms with E-state index in [9.17, 15) is 9.59 Å². The standard InChI is InChI=1S/C15H12N4O2/c16-13(20)9-5-1-2-6-10(9)17-14-15(21)19-12-8-4-3-7-11(12)18-14/h1-8H,(H2,16,20)(H,17,18)(H,19,21). The Labute approximate surface area is 119 Å². The van der Waals surface area contributed by atoms with Crippen LogP contribution in [0.1, 0.15) is 10.4 Å². The highest BCUT2D eigenvalue weighted by Crippen LogP contribution is 2.18. The minimum absolute atomic E-state index is 0.113. The number of hydrogen-bond donors (Lipinski definition) is 3. The van der Waals surface area contributed by atoms with Gasteiger partial charge in [-0.15, -0.1) is 0 Å². The Morgan fingerprint density at radius 1 is 1.10 bits per heavy atom. The number of nitrogens with two attached hydrogens (primary N) is 1. The van der Waals surface area contributed by atoms with Gasteiger partial charge in [-0.05, 0) is 24.3 Å². The summed E-state index contributed by atoms with van der Waals surface area (Å²) in [6.45, 7) is 0. The highest BCUT2D eigenvalue weighted by Gasteiger charge is 2.10. The number of amides is 1. The van der Waals surface area contributed by atoms with Gasteiger partial charge in [-0.2, -0.15) is 0 Å². The molecule has 6 heteroatoms. The highest BCUT2D eigenvalue weighted by molar-refractivity contribution is 5.99. The van der Waals surface area contributed by atoms with Gasteiger partial charge in [-0.1, -0.05) is 24.3 Å². The molecule has 0 saturated heterocycles. The maximum absolute atomic E-state index is 12.0. The van der Waals surface area contributed by atoms with Gasteiger partial charge < -0.3 is 16.0 Å². The number of rotatable bonds is 3. The highest BCUT2D eigenvalue weighted by atomic mass is 16.1. The molecule has 6 nitrogen and oxygen atoms in total. The molecule has 0 bridgehead atoms. The summed E-state index contributed by atoms with van der Waals surface area (Å²) in [6.07, 6.45) is 0. The molecule has 0 aliphatic carbocycles. The average molecular weight is 280 g/mol. The number of hydrogen-bond acceptors (Lipinski definition) is 4. The first-order chi connectivity index (χ1) is 10.1. The van der Waals surface area contributed by atoms with E-state index in [-0.39, 0.29) is 11.4 Å². The summed E-state index contributed by atoms with van der Waals surface area (Å²) in [4.78, 5) is 30.4. The smallest absolute Gasteiger partial charge is 0.291 e. The number of H-pyrrole nitrogens is 1. The van der Waals surface area contributed by atoms with E-state index in [0.29, 0.717) is 22.3 Å². The van der Waals surface area contributed by atoms with Crippen molar-refractivity contribution in [3.63, 3.8) is 0 Å². The predicted octanol–water partition coefficient (Wildman–Crippen LogP) is 1.77. The largest absolute Gasteiger partial charge is 0.366 e. The normalized spacial score (nSPS) is 10.5. The van der Waals surface area contributed by atoms with Crippen molar-refractivity contribution in [1.82, 2.24) is 9.97 Å². The lowest BCUT2D eigenvalue weighted by Crippen LogP contribution is -2.17. The fourth-order valence-electron chi connectivity index (χ4n) is 2.05. The summed E-state index contributed by atoms with van der Waals surface area (Å²) in [7, 11) is 0. The molecule has 3 aromatic rings. The fraction of sp³-hybridized carbons (Fsp3) is 0. The third-order valence-corrected chi connectivity index (χ3v) is 3.05. The van der Waals surface area contributed by atoms with Crippen molar-refractivity contribution in [2.45, 2.75) is 0 Å². The minimum atomic E-state index is -0.574. The zero-order valence-electron chi connectivity index (χ0n) is 11.0. The van der Waals surface area contributed by atoms with Crippen LogP contribution >= 0.6 is 0 Å². The third-order valence-electron chi connectivity index (χ3n) is 3.05. The van der Waals surface area contributed by atoms with Gasteiger partial charge in [-0.3, -0.25) is 9.59 Å². The number of aromatic nitrogens is 2. The Bertz CT molecular complexity index is 886. The average Bonchev–Trinajstić information content (AvgIpc) is 2.48. The quantitative estimate of drug-likeness (QED) is 0.680. The van der Waals surface area contributed by atoms with Crippen LogP contribution in [-0.2, 0) is 0 Å². The monoisotopic (exact) mass is 280 g/mol. The van der Waals surface area contributed by atoms with Crippen LogP contribution in [0.2, 0.25) is 0 Å². The lowest BCUT2D eigenvalue weighted by Gasteiger charge is -2.09. The van der Waals surface area contributed by atoms with E-state index in [2.05, 4.69) is 15.3 Å².